The normalized spacial score (nSPS) is 24.8. The maximum Gasteiger partial charge on any atom is 0.00972 e. The van der Waals surface area contributed by atoms with Gasteiger partial charge < -0.3 is 5.73 Å². The largest absolute Gasteiger partial charge is 0.326 e. The van der Waals surface area contributed by atoms with E-state index >= 15 is 0 Å². The number of allylic oxidation sites excluding steroid dienone is 1. The van der Waals surface area contributed by atoms with Crippen molar-refractivity contribution in [2.45, 2.75) is 64.3 Å². The molecule has 1 rings (SSSR count). The average molecular weight is 195 g/mol. The zero-order valence-electron chi connectivity index (χ0n) is 9.81. The lowest BCUT2D eigenvalue weighted by Crippen LogP contribution is -2.32. The van der Waals surface area contributed by atoms with E-state index in [9.17, 15) is 0 Å². The van der Waals surface area contributed by atoms with Gasteiger partial charge in [-0.15, -0.1) is 0 Å². The summed E-state index contributed by atoms with van der Waals surface area (Å²) in [6.07, 6.45) is 9.07. The molecule has 0 aromatic carbocycles. The molecule has 1 fully saturated rings. The molecule has 1 heteroatoms. The van der Waals surface area contributed by atoms with Crippen molar-refractivity contribution in [1.29, 1.82) is 0 Å². The summed E-state index contributed by atoms with van der Waals surface area (Å²) in [6.45, 7) is 8.45. The molecule has 1 nitrogen and oxygen atoms in total. The molecule has 82 valence electrons. The molecule has 1 aliphatic carbocycles. The van der Waals surface area contributed by atoms with Crippen LogP contribution in [0.4, 0.5) is 0 Å². The molecule has 2 N–H and O–H groups in total. The first-order valence-corrected chi connectivity index (χ1v) is 5.95. The molecular weight excluding hydrogens is 170 g/mol. The Bertz CT molecular complexity index is 188. The second-order valence-electron chi connectivity index (χ2n) is 5.48. The maximum atomic E-state index is 6.01. The quantitative estimate of drug-likeness (QED) is 0.540. The van der Waals surface area contributed by atoms with Crippen molar-refractivity contribution in [3.63, 3.8) is 0 Å². The lowest BCUT2D eigenvalue weighted by molar-refractivity contribution is 0.397. The Labute approximate surface area is 88.8 Å². The van der Waals surface area contributed by atoms with Crippen molar-refractivity contribution in [3.8, 4) is 0 Å². The molecule has 0 radical (unpaired) electrons. The molecule has 1 atom stereocenters. The molecule has 0 aromatic heterocycles. The van der Waals surface area contributed by atoms with Crippen LogP contribution in [0.3, 0.4) is 0 Å². The van der Waals surface area contributed by atoms with E-state index in [0.717, 1.165) is 12.3 Å². The first-order chi connectivity index (χ1) is 6.49. The van der Waals surface area contributed by atoms with Gasteiger partial charge in [-0.05, 0) is 51.9 Å². The lowest BCUT2D eigenvalue weighted by Gasteiger charge is -2.23. The summed E-state index contributed by atoms with van der Waals surface area (Å²) in [5.74, 6) is 0.750. The van der Waals surface area contributed by atoms with E-state index in [4.69, 9.17) is 5.73 Å². The molecule has 0 aromatic rings. The number of nitrogens with two attached hydrogens (primary N) is 1. The summed E-state index contributed by atoms with van der Waals surface area (Å²) in [5, 5.41) is 0. The third-order valence-corrected chi connectivity index (χ3v) is 3.26. The topological polar surface area (TPSA) is 26.0 Å². The van der Waals surface area contributed by atoms with Gasteiger partial charge in [-0.3, -0.25) is 0 Å². The average Bonchev–Trinajstić information content (AvgIpc) is 2.25. The van der Waals surface area contributed by atoms with Gasteiger partial charge in [0.1, 0.15) is 0 Å². The molecule has 14 heavy (non-hydrogen) atoms. The van der Waals surface area contributed by atoms with Crippen LogP contribution in [0.2, 0.25) is 0 Å². The van der Waals surface area contributed by atoms with Crippen LogP contribution in [-0.4, -0.2) is 5.54 Å². The second kappa shape index (κ2) is 4.97. The fourth-order valence-corrected chi connectivity index (χ4v) is 2.22. The predicted octanol–water partition coefficient (Wildman–Crippen LogP) is 3.64. The Kier molecular flexibility index (Phi) is 4.18. The van der Waals surface area contributed by atoms with Crippen LogP contribution in [0.5, 0.6) is 0 Å². The van der Waals surface area contributed by atoms with Crippen molar-refractivity contribution in [2.24, 2.45) is 11.7 Å². The van der Waals surface area contributed by atoms with Gasteiger partial charge in [-0.25, -0.2) is 0 Å². The number of hydrogen-bond acceptors (Lipinski definition) is 1. The van der Waals surface area contributed by atoms with Crippen LogP contribution in [0, 0.1) is 5.92 Å². The summed E-state index contributed by atoms with van der Waals surface area (Å²) in [4.78, 5) is 0. The van der Waals surface area contributed by atoms with Crippen LogP contribution in [0.1, 0.15) is 58.8 Å². The van der Waals surface area contributed by atoms with E-state index in [0.29, 0.717) is 0 Å². The van der Waals surface area contributed by atoms with Gasteiger partial charge >= 0.3 is 0 Å². The van der Waals surface area contributed by atoms with E-state index < -0.39 is 0 Å². The van der Waals surface area contributed by atoms with Crippen LogP contribution in [-0.2, 0) is 0 Å². The van der Waals surface area contributed by atoms with E-state index in [1.54, 1.807) is 0 Å². The summed E-state index contributed by atoms with van der Waals surface area (Å²) < 4.78 is 0. The Hall–Kier alpha value is -0.300. The van der Waals surface area contributed by atoms with Gasteiger partial charge in [0, 0.05) is 5.54 Å². The minimum atomic E-state index is -0.00736. The summed E-state index contributed by atoms with van der Waals surface area (Å²) in [5.41, 5.74) is 7.48. The lowest BCUT2D eigenvalue weighted by atomic mass is 9.86. The molecule has 0 aliphatic heterocycles. The van der Waals surface area contributed by atoms with Gasteiger partial charge in [-0.2, -0.15) is 0 Å². The Morgan fingerprint density at radius 1 is 1.36 bits per heavy atom. The van der Waals surface area contributed by atoms with E-state index in [1.807, 2.05) is 0 Å². The highest BCUT2D eigenvalue weighted by atomic mass is 14.7. The molecule has 1 saturated carbocycles. The first kappa shape index (κ1) is 11.8. The van der Waals surface area contributed by atoms with Gasteiger partial charge in [0.15, 0.2) is 0 Å². The minimum absolute atomic E-state index is 0.00736. The van der Waals surface area contributed by atoms with Crippen LogP contribution in [0.25, 0.3) is 0 Å². The van der Waals surface area contributed by atoms with Crippen molar-refractivity contribution in [1.82, 2.24) is 0 Å². The van der Waals surface area contributed by atoms with Crippen LogP contribution < -0.4 is 5.73 Å². The van der Waals surface area contributed by atoms with Crippen LogP contribution in [0.15, 0.2) is 12.2 Å². The summed E-state index contributed by atoms with van der Waals surface area (Å²) >= 11 is 0. The third-order valence-electron chi connectivity index (χ3n) is 3.26. The standard InChI is InChI=1S/C13H25N/c1-11-7-5-4-6-8-12(11)9-10-13(2,3)14/h12H,1,4-10,14H2,2-3H3. The van der Waals surface area contributed by atoms with E-state index in [1.165, 1.54) is 44.1 Å². The van der Waals surface area contributed by atoms with Gasteiger partial charge in [0.25, 0.3) is 0 Å². The fraction of sp³-hybridized carbons (Fsp3) is 0.846. The Morgan fingerprint density at radius 3 is 2.71 bits per heavy atom. The molecule has 0 spiro atoms. The first-order valence-electron chi connectivity index (χ1n) is 5.95. The third kappa shape index (κ3) is 4.28. The van der Waals surface area contributed by atoms with Gasteiger partial charge in [0.05, 0.1) is 0 Å². The molecule has 1 aliphatic rings. The highest BCUT2D eigenvalue weighted by Crippen LogP contribution is 2.31. The van der Waals surface area contributed by atoms with Gasteiger partial charge in [-0.1, -0.05) is 25.0 Å². The second-order valence-corrected chi connectivity index (χ2v) is 5.48. The zero-order valence-corrected chi connectivity index (χ0v) is 9.81. The summed E-state index contributed by atoms with van der Waals surface area (Å²) in [7, 11) is 0. The molecular formula is C13H25N. The Morgan fingerprint density at radius 2 is 2.07 bits per heavy atom. The SMILES string of the molecule is C=C1CCCCCC1CCC(C)(C)N. The number of rotatable bonds is 3. The predicted molar refractivity (Wildman–Crippen MR) is 63.2 cm³/mol. The van der Waals surface area contributed by atoms with Crippen molar-refractivity contribution in [3.05, 3.63) is 12.2 Å². The van der Waals surface area contributed by atoms with Crippen molar-refractivity contribution in [2.75, 3.05) is 0 Å². The minimum Gasteiger partial charge on any atom is -0.326 e. The smallest absolute Gasteiger partial charge is 0.00972 e. The fourth-order valence-electron chi connectivity index (χ4n) is 2.22. The van der Waals surface area contributed by atoms with E-state index in [2.05, 4.69) is 20.4 Å². The summed E-state index contributed by atoms with van der Waals surface area (Å²) in [6, 6.07) is 0. The molecule has 0 bridgehead atoms. The monoisotopic (exact) mass is 195 g/mol. The highest BCUT2D eigenvalue weighted by Gasteiger charge is 2.19. The molecule has 0 amide bonds. The van der Waals surface area contributed by atoms with Crippen molar-refractivity contribution >= 4 is 0 Å². The van der Waals surface area contributed by atoms with E-state index in [-0.39, 0.29) is 5.54 Å². The molecule has 0 heterocycles. The molecule has 0 saturated heterocycles. The van der Waals surface area contributed by atoms with Gasteiger partial charge in [0.2, 0.25) is 0 Å². The Balaban J connectivity index is 2.37. The van der Waals surface area contributed by atoms with Crippen molar-refractivity contribution < 1.29 is 0 Å². The highest BCUT2D eigenvalue weighted by molar-refractivity contribution is 5.02. The zero-order chi connectivity index (χ0) is 10.6. The maximum absolute atomic E-state index is 6.01. The molecule has 1 unspecified atom stereocenters. The van der Waals surface area contributed by atoms with Crippen LogP contribution >= 0.6 is 0 Å². The number of hydrogen-bond donors (Lipinski definition) is 1.